The summed E-state index contributed by atoms with van der Waals surface area (Å²) in [5, 5.41) is 14.8. The second-order valence-electron chi connectivity index (χ2n) is 4.07. The topological polar surface area (TPSA) is 49.8 Å². The van der Waals surface area contributed by atoms with Crippen molar-refractivity contribution < 1.29 is 0 Å². The van der Waals surface area contributed by atoms with E-state index in [0.717, 1.165) is 24.5 Å². The molecule has 4 heteroatoms. The van der Waals surface area contributed by atoms with E-state index < -0.39 is 0 Å². The number of hydrogen-bond donors (Lipinski definition) is 2. The molecule has 1 atom stereocenters. The maximum atomic E-state index is 4.06. The molecular formula is C11H18N4. The summed E-state index contributed by atoms with van der Waals surface area (Å²) in [6, 6.07) is 4.64. The number of nitrogens with zero attached hydrogens (tertiary/aromatic N) is 2. The lowest BCUT2D eigenvalue weighted by molar-refractivity contribution is 0.574. The average molecular weight is 206 g/mol. The molecule has 1 aliphatic heterocycles. The largest absolute Gasteiger partial charge is 0.369 e. The zero-order chi connectivity index (χ0) is 10.5. The number of anilines is 1. The fourth-order valence-electron chi connectivity index (χ4n) is 1.87. The molecule has 4 nitrogen and oxygen atoms in total. The van der Waals surface area contributed by atoms with Gasteiger partial charge >= 0.3 is 0 Å². The predicted octanol–water partition coefficient (Wildman–Crippen LogP) is 1.34. The van der Waals surface area contributed by atoms with Gasteiger partial charge < -0.3 is 10.6 Å². The zero-order valence-corrected chi connectivity index (χ0v) is 9.16. The Morgan fingerprint density at radius 3 is 3.07 bits per heavy atom. The summed E-state index contributed by atoms with van der Waals surface area (Å²) < 4.78 is 0. The Kier molecular flexibility index (Phi) is 3.50. The van der Waals surface area contributed by atoms with Gasteiger partial charge in [-0.15, -0.1) is 5.10 Å². The molecule has 0 bridgehead atoms. The second kappa shape index (κ2) is 5.07. The third kappa shape index (κ3) is 3.16. The van der Waals surface area contributed by atoms with Crippen molar-refractivity contribution in [3.8, 4) is 0 Å². The van der Waals surface area contributed by atoms with Gasteiger partial charge in [-0.1, -0.05) is 0 Å². The van der Waals surface area contributed by atoms with E-state index in [4.69, 9.17) is 0 Å². The molecule has 0 saturated carbocycles. The Balaban J connectivity index is 1.71. The summed E-state index contributed by atoms with van der Waals surface area (Å²) >= 11 is 0. The molecule has 0 radical (unpaired) electrons. The summed E-state index contributed by atoms with van der Waals surface area (Å²) in [5.74, 6) is 0.874. The highest BCUT2D eigenvalue weighted by atomic mass is 15.2. The van der Waals surface area contributed by atoms with Crippen LogP contribution in [0.2, 0.25) is 0 Å². The summed E-state index contributed by atoms with van der Waals surface area (Å²) in [6.45, 7) is 4.09. The fraction of sp³-hybridized carbons (Fsp3) is 0.636. The third-order valence-corrected chi connectivity index (χ3v) is 2.76. The Bertz CT molecular complexity index is 290. The molecule has 15 heavy (non-hydrogen) atoms. The van der Waals surface area contributed by atoms with Crippen molar-refractivity contribution in [3.63, 3.8) is 0 Å². The van der Waals surface area contributed by atoms with E-state index in [1.54, 1.807) is 0 Å². The van der Waals surface area contributed by atoms with Crippen molar-refractivity contribution in [3.05, 3.63) is 17.8 Å². The number of nitrogens with one attached hydrogen (secondary N) is 2. The molecule has 0 spiro atoms. The van der Waals surface area contributed by atoms with E-state index >= 15 is 0 Å². The third-order valence-electron chi connectivity index (χ3n) is 2.76. The minimum atomic E-state index is 0.691. The Morgan fingerprint density at radius 1 is 1.47 bits per heavy atom. The van der Waals surface area contributed by atoms with Crippen molar-refractivity contribution in [2.75, 3.05) is 18.4 Å². The molecule has 2 heterocycles. The van der Waals surface area contributed by atoms with Crippen LogP contribution in [0.1, 0.15) is 25.0 Å². The Labute approximate surface area is 90.5 Å². The standard InChI is InChI=1S/C11H18N4/c1-9-4-5-11(15-14-9)13-8-6-10-3-2-7-12-10/h4-5,10,12H,2-3,6-8H2,1H3,(H,13,15). The van der Waals surface area contributed by atoms with Gasteiger partial charge in [-0.2, -0.15) is 5.10 Å². The van der Waals surface area contributed by atoms with Crippen molar-refractivity contribution in [2.24, 2.45) is 0 Å². The first-order valence-corrected chi connectivity index (χ1v) is 5.62. The van der Waals surface area contributed by atoms with Gasteiger partial charge in [-0.25, -0.2) is 0 Å². The lowest BCUT2D eigenvalue weighted by atomic mass is 10.1. The van der Waals surface area contributed by atoms with E-state index in [0.29, 0.717) is 6.04 Å². The van der Waals surface area contributed by atoms with Crippen LogP contribution in [0.4, 0.5) is 5.82 Å². The SMILES string of the molecule is Cc1ccc(NCCC2CCCN2)nn1. The molecule has 0 aromatic carbocycles. The normalized spacial score (nSPS) is 20.5. The monoisotopic (exact) mass is 206 g/mol. The number of hydrogen-bond acceptors (Lipinski definition) is 4. The zero-order valence-electron chi connectivity index (χ0n) is 9.16. The molecule has 82 valence electrons. The molecule has 1 aromatic heterocycles. The lowest BCUT2D eigenvalue weighted by Crippen LogP contribution is -2.24. The Morgan fingerprint density at radius 2 is 2.40 bits per heavy atom. The first kappa shape index (κ1) is 10.4. The maximum absolute atomic E-state index is 4.06. The quantitative estimate of drug-likeness (QED) is 0.780. The van der Waals surface area contributed by atoms with Gasteiger partial charge in [-0.3, -0.25) is 0 Å². The highest BCUT2D eigenvalue weighted by molar-refractivity contribution is 5.32. The molecule has 0 aliphatic carbocycles. The Hall–Kier alpha value is -1.16. The fourth-order valence-corrected chi connectivity index (χ4v) is 1.87. The summed E-state index contributed by atoms with van der Waals surface area (Å²) in [5.41, 5.74) is 0.956. The maximum Gasteiger partial charge on any atom is 0.148 e. The van der Waals surface area contributed by atoms with Crippen molar-refractivity contribution >= 4 is 5.82 Å². The van der Waals surface area contributed by atoms with Gasteiger partial charge in [0.15, 0.2) is 0 Å². The van der Waals surface area contributed by atoms with Gasteiger partial charge in [-0.05, 0) is 44.9 Å². The molecule has 1 aromatic rings. The van der Waals surface area contributed by atoms with Gasteiger partial charge in [0, 0.05) is 12.6 Å². The van der Waals surface area contributed by atoms with Crippen LogP contribution in [0, 0.1) is 6.92 Å². The summed E-state index contributed by atoms with van der Waals surface area (Å²) in [6.07, 6.45) is 3.78. The molecule has 2 rings (SSSR count). The van der Waals surface area contributed by atoms with Crippen LogP contribution in [0.5, 0.6) is 0 Å². The van der Waals surface area contributed by atoms with Crippen LogP contribution >= 0.6 is 0 Å². The van der Waals surface area contributed by atoms with Crippen molar-refractivity contribution in [1.29, 1.82) is 0 Å². The smallest absolute Gasteiger partial charge is 0.148 e. The second-order valence-corrected chi connectivity index (χ2v) is 4.07. The van der Waals surface area contributed by atoms with Crippen LogP contribution in [0.25, 0.3) is 0 Å². The van der Waals surface area contributed by atoms with E-state index in [1.165, 1.54) is 19.4 Å². The molecule has 1 saturated heterocycles. The summed E-state index contributed by atoms with van der Waals surface area (Å²) in [4.78, 5) is 0. The lowest BCUT2D eigenvalue weighted by Gasteiger charge is -2.10. The van der Waals surface area contributed by atoms with Gasteiger partial charge in [0.1, 0.15) is 5.82 Å². The van der Waals surface area contributed by atoms with Gasteiger partial charge in [0.25, 0.3) is 0 Å². The van der Waals surface area contributed by atoms with Crippen LogP contribution < -0.4 is 10.6 Å². The summed E-state index contributed by atoms with van der Waals surface area (Å²) in [7, 11) is 0. The van der Waals surface area contributed by atoms with E-state index in [-0.39, 0.29) is 0 Å². The van der Waals surface area contributed by atoms with Crippen molar-refractivity contribution in [2.45, 2.75) is 32.2 Å². The molecular weight excluding hydrogens is 188 g/mol. The minimum absolute atomic E-state index is 0.691. The first-order valence-electron chi connectivity index (χ1n) is 5.62. The highest BCUT2D eigenvalue weighted by Gasteiger charge is 2.12. The average Bonchev–Trinajstić information content (AvgIpc) is 2.74. The molecule has 0 amide bonds. The minimum Gasteiger partial charge on any atom is -0.369 e. The van der Waals surface area contributed by atoms with E-state index in [9.17, 15) is 0 Å². The van der Waals surface area contributed by atoms with E-state index in [2.05, 4.69) is 20.8 Å². The molecule has 1 aliphatic rings. The van der Waals surface area contributed by atoms with Gasteiger partial charge in [0.05, 0.1) is 5.69 Å². The van der Waals surface area contributed by atoms with Gasteiger partial charge in [0.2, 0.25) is 0 Å². The van der Waals surface area contributed by atoms with Crippen LogP contribution in [-0.2, 0) is 0 Å². The van der Waals surface area contributed by atoms with Crippen LogP contribution in [0.15, 0.2) is 12.1 Å². The highest BCUT2D eigenvalue weighted by Crippen LogP contribution is 2.09. The number of aromatic nitrogens is 2. The molecule has 2 N–H and O–H groups in total. The van der Waals surface area contributed by atoms with Crippen LogP contribution in [0.3, 0.4) is 0 Å². The van der Waals surface area contributed by atoms with E-state index in [1.807, 2.05) is 19.1 Å². The van der Waals surface area contributed by atoms with Crippen molar-refractivity contribution in [1.82, 2.24) is 15.5 Å². The number of aryl methyl sites for hydroxylation is 1. The first-order chi connectivity index (χ1) is 7.34. The molecule has 1 unspecified atom stereocenters. The number of rotatable bonds is 4. The molecule has 1 fully saturated rings. The predicted molar refractivity (Wildman–Crippen MR) is 60.9 cm³/mol. The van der Waals surface area contributed by atoms with Crippen LogP contribution in [-0.4, -0.2) is 29.3 Å².